The van der Waals surface area contributed by atoms with Crippen LogP contribution in [0.5, 0.6) is 0 Å². The van der Waals surface area contributed by atoms with Gasteiger partial charge >= 0.3 is 0 Å². The Balaban J connectivity index is 0.0000000975. The van der Waals surface area contributed by atoms with Crippen LogP contribution in [0.1, 0.15) is 100 Å². The zero-order valence-electron chi connectivity index (χ0n) is 79.9. The lowest BCUT2D eigenvalue weighted by atomic mass is 10.0. The molecule has 0 unspecified atom stereocenters. The molecular weight excluding hydrogens is 1710 g/mol. The molecule has 0 saturated carbocycles. The molecule has 0 amide bonds. The van der Waals surface area contributed by atoms with Gasteiger partial charge in [-0.3, -0.25) is 0 Å². The highest BCUT2D eigenvalue weighted by molar-refractivity contribution is 7.26. The van der Waals surface area contributed by atoms with Gasteiger partial charge in [-0.25, -0.2) is 0 Å². The van der Waals surface area contributed by atoms with Crippen molar-refractivity contribution in [3.8, 4) is 0 Å². The lowest BCUT2D eigenvalue weighted by Crippen LogP contribution is -1.77. The third-order valence-corrected chi connectivity index (χ3v) is 29.6. The molecule has 6 nitrogen and oxygen atoms in total. The molecule has 0 N–H and O–H groups in total. The van der Waals surface area contributed by atoms with Crippen molar-refractivity contribution in [2.45, 2.75) is 125 Å². The summed E-state index contributed by atoms with van der Waals surface area (Å²) in [6.07, 6.45) is 0. The van der Waals surface area contributed by atoms with E-state index in [1.165, 1.54) is 225 Å². The Morgan fingerprint density at radius 1 is 0.141 bits per heavy atom. The Kier molecular flexibility index (Phi) is 25.1. The lowest BCUT2D eigenvalue weighted by molar-refractivity contribution is 0.662. The first-order valence-electron chi connectivity index (χ1n) is 46.3. The Labute approximate surface area is 798 Å². The molecular formula is C126H108O6S3. The Morgan fingerprint density at radius 2 is 0.422 bits per heavy atom. The molecule has 9 heteroatoms. The van der Waals surface area contributed by atoms with Crippen LogP contribution in [0.3, 0.4) is 0 Å². The Hall–Kier alpha value is -14.6. The van der Waals surface area contributed by atoms with Crippen LogP contribution in [0.4, 0.5) is 0 Å². The fraction of sp³-hybridized carbons (Fsp3) is 0.143. The highest BCUT2D eigenvalue weighted by Crippen LogP contribution is 2.43. The minimum Gasteiger partial charge on any atom is -0.456 e. The summed E-state index contributed by atoms with van der Waals surface area (Å²) in [7, 11) is 0. The maximum atomic E-state index is 5.91. The second-order valence-corrected chi connectivity index (χ2v) is 39.6. The Morgan fingerprint density at radius 3 is 0.904 bits per heavy atom. The average molecular weight is 1810 g/mol. The minimum absolute atomic E-state index is 0.973. The van der Waals surface area contributed by atoms with Crippen LogP contribution in [-0.2, 0) is 0 Å². The molecule has 135 heavy (non-hydrogen) atoms. The standard InChI is InChI=1S/6C14H12O.3C14H12S/c1-9-5-4-8-12-13(9)11-7-3-6-10(2)14(11)15-12;1-9-3-5-13-11(7-9)12-8-10(2)4-6-14(12)15-13;1-9-5-3-7-11-13(9)14-10(2)6-4-8-12(14)15-11;1-9-5-3-7-11-12-8-4-6-10(2)14(12)15-13(9)11;1-9-6-7-13-12(8-9)11-5-3-4-10(2)14(11)15-13;1-9-7-8-10(2)14-13(9)11-5-3-4-6-12(11)15-14;1-9-3-5-13-11(7-9)12-8-10(2)4-6-14(12)15-13;1-9-3-5-11-12-6-4-10(2)8-14(12)15-13(11)7-9;1-9-5-3-7-11-12-8-4-6-10(2)14(12)15-13(9)11/h9*3-8H,1-2H3. The molecule has 666 valence electrons. The quantitative estimate of drug-likeness (QED) is 0.151. The van der Waals surface area contributed by atoms with E-state index in [0.29, 0.717) is 0 Å². The summed E-state index contributed by atoms with van der Waals surface area (Å²) in [5.74, 6) is 0. The molecule has 0 fully saturated rings. The average Bonchev–Trinajstić information content (AvgIpc) is 1.61. The molecule has 18 aromatic carbocycles. The SMILES string of the molecule is Cc1ccc(C)c2c1oc1ccccc12.Cc1ccc2c(c1)sc1cc(C)ccc12.Cc1ccc2oc3c(C)cccc3c2c1.Cc1ccc2oc3ccc(C)cc3c2c1.Cc1ccc2sc3ccc(C)cc3c2c1.Cc1cccc2c1oc1c(C)cccc12.Cc1cccc2c1oc1cccc(C)c12.Cc1cccc2c1sc1c(C)cccc12.Cc1cccc2oc3cccc(C)c3c12. The highest BCUT2D eigenvalue weighted by Gasteiger charge is 2.18. The van der Waals surface area contributed by atoms with Gasteiger partial charge < -0.3 is 26.5 Å². The van der Waals surface area contributed by atoms with Crippen molar-refractivity contribution < 1.29 is 26.5 Å². The third kappa shape index (κ3) is 18.0. The van der Waals surface area contributed by atoms with Gasteiger partial charge in [0.1, 0.15) is 67.0 Å². The molecule has 27 rings (SSSR count). The second kappa shape index (κ2) is 37.8. The summed E-state index contributed by atoms with van der Waals surface area (Å²) in [6, 6.07) is 115. The maximum Gasteiger partial charge on any atom is 0.138 e. The predicted molar refractivity (Wildman–Crippen MR) is 586 cm³/mol. The van der Waals surface area contributed by atoms with Gasteiger partial charge in [-0.1, -0.05) is 258 Å². The van der Waals surface area contributed by atoms with E-state index in [9.17, 15) is 0 Å². The molecule has 0 bridgehead atoms. The van der Waals surface area contributed by atoms with Crippen molar-refractivity contribution in [2.75, 3.05) is 0 Å². The van der Waals surface area contributed by atoms with Crippen molar-refractivity contribution in [3.05, 3.63) is 428 Å². The van der Waals surface area contributed by atoms with Crippen LogP contribution < -0.4 is 0 Å². The van der Waals surface area contributed by atoms with Gasteiger partial charge in [0.05, 0.1) is 0 Å². The third-order valence-electron chi connectivity index (χ3n) is 25.8. The van der Waals surface area contributed by atoms with Crippen molar-refractivity contribution >= 4 is 226 Å². The Bertz CT molecular complexity index is 8530. The maximum absolute atomic E-state index is 5.91. The number of hydrogen-bond donors (Lipinski definition) is 0. The molecule has 0 spiro atoms. The van der Waals surface area contributed by atoms with Crippen molar-refractivity contribution in [3.63, 3.8) is 0 Å². The molecule has 0 atom stereocenters. The van der Waals surface area contributed by atoms with E-state index in [-0.39, 0.29) is 0 Å². The van der Waals surface area contributed by atoms with Gasteiger partial charge in [0.2, 0.25) is 0 Å². The number of benzene rings is 18. The molecule has 0 aliphatic carbocycles. The smallest absolute Gasteiger partial charge is 0.138 e. The summed E-state index contributed by atoms with van der Waals surface area (Å²) in [5, 5.41) is 23.1. The van der Waals surface area contributed by atoms with Gasteiger partial charge in [0.25, 0.3) is 0 Å². The van der Waals surface area contributed by atoms with Crippen LogP contribution in [0, 0.1) is 125 Å². The van der Waals surface area contributed by atoms with E-state index in [0.717, 1.165) is 67.0 Å². The van der Waals surface area contributed by atoms with Gasteiger partial charge in [-0.2, -0.15) is 0 Å². The number of hydrogen-bond acceptors (Lipinski definition) is 9. The second-order valence-electron chi connectivity index (χ2n) is 36.4. The lowest BCUT2D eigenvalue weighted by Gasteiger charge is -1.97. The summed E-state index contributed by atoms with van der Waals surface area (Å²) in [5.41, 5.74) is 35.0. The minimum atomic E-state index is 0.973. The van der Waals surface area contributed by atoms with Gasteiger partial charge in [-0.05, 0) is 294 Å². The van der Waals surface area contributed by atoms with E-state index in [2.05, 4.69) is 385 Å². The summed E-state index contributed by atoms with van der Waals surface area (Å²) >= 11 is 5.68. The molecule has 9 aromatic heterocycles. The van der Waals surface area contributed by atoms with Gasteiger partial charge in [0, 0.05) is 125 Å². The van der Waals surface area contributed by atoms with E-state index in [1.807, 2.05) is 101 Å². The van der Waals surface area contributed by atoms with Crippen LogP contribution in [0.25, 0.3) is 192 Å². The number of aryl methyl sites for hydroxylation is 18. The highest BCUT2D eigenvalue weighted by atomic mass is 32.1. The first-order valence-corrected chi connectivity index (χ1v) is 48.7. The van der Waals surface area contributed by atoms with Crippen molar-refractivity contribution in [1.82, 2.24) is 0 Å². The molecule has 0 aliphatic heterocycles. The van der Waals surface area contributed by atoms with Crippen molar-refractivity contribution in [2.24, 2.45) is 0 Å². The number of thiophene rings is 3. The zero-order chi connectivity index (χ0) is 93.7. The first-order chi connectivity index (χ1) is 65.3. The zero-order valence-corrected chi connectivity index (χ0v) is 82.3. The largest absolute Gasteiger partial charge is 0.456 e. The van der Waals surface area contributed by atoms with Crippen LogP contribution >= 0.6 is 34.0 Å². The molecule has 27 aromatic rings. The van der Waals surface area contributed by atoms with Crippen LogP contribution in [0.15, 0.2) is 354 Å². The summed E-state index contributed by atoms with van der Waals surface area (Å²) in [4.78, 5) is 0. The van der Waals surface area contributed by atoms with E-state index in [1.54, 1.807) is 0 Å². The molecule has 9 heterocycles. The molecule has 0 saturated heterocycles. The van der Waals surface area contributed by atoms with Gasteiger partial charge in [-0.15, -0.1) is 34.0 Å². The van der Waals surface area contributed by atoms with Crippen LogP contribution in [0.2, 0.25) is 0 Å². The number of para-hydroxylation sites is 5. The molecule has 0 aliphatic rings. The van der Waals surface area contributed by atoms with E-state index < -0.39 is 0 Å². The van der Waals surface area contributed by atoms with E-state index in [4.69, 9.17) is 26.5 Å². The fourth-order valence-electron chi connectivity index (χ4n) is 18.8. The predicted octanol–water partition coefficient (Wildman–Crippen LogP) is 39.2. The number of fused-ring (bicyclic) bond motifs is 27. The monoisotopic (exact) mass is 1810 g/mol. The molecule has 0 radical (unpaired) electrons. The van der Waals surface area contributed by atoms with E-state index >= 15 is 0 Å². The number of rotatable bonds is 0. The fourth-order valence-corrected chi connectivity index (χ4v) is 22.4. The first kappa shape index (κ1) is 89.6. The van der Waals surface area contributed by atoms with Crippen LogP contribution in [-0.4, -0.2) is 0 Å². The normalized spacial score (nSPS) is 11.3. The van der Waals surface area contributed by atoms with Gasteiger partial charge in [0.15, 0.2) is 0 Å². The topological polar surface area (TPSA) is 78.8 Å². The summed E-state index contributed by atoms with van der Waals surface area (Å²) < 4.78 is 43.5. The van der Waals surface area contributed by atoms with Crippen molar-refractivity contribution in [1.29, 1.82) is 0 Å². The number of furan rings is 6. The summed E-state index contributed by atoms with van der Waals surface area (Å²) in [6.45, 7) is 38.2.